The lowest BCUT2D eigenvalue weighted by Gasteiger charge is -2.26. The Hall–Kier alpha value is -0.0900. The molecule has 0 radical (unpaired) electrons. The first kappa shape index (κ1) is 19.9. The largest absolute Gasteiger partial charge is 0.285 e. The standard InChI is InChI=1S/C16H34O3S/c1-4-6-8-10-11-13-15-16(3,20(17,18)19)14-12-9-7-5-2/h4-15H2,1-3H3,(H,17,18,19). The molecule has 0 fully saturated rings. The number of hydrogen-bond acceptors (Lipinski definition) is 2. The SMILES string of the molecule is CCCCCCCCC(C)(CCCCCC)S(=O)(=O)O. The Bertz CT molecular complexity index is 325. The zero-order chi connectivity index (χ0) is 15.5. The van der Waals surface area contributed by atoms with Gasteiger partial charge in [-0.2, -0.15) is 8.42 Å². The maximum atomic E-state index is 11.6. The average Bonchev–Trinajstić information content (AvgIpc) is 2.37. The third-order valence-electron chi connectivity index (χ3n) is 4.24. The van der Waals surface area contributed by atoms with E-state index in [2.05, 4.69) is 13.8 Å². The molecule has 0 aromatic carbocycles. The fraction of sp³-hybridized carbons (Fsp3) is 1.00. The van der Waals surface area contributed by atoms with E-state index in [4.69, 9.17) is 0 Å². The molecule has 0 aliphatic heterocycles. The molecule has 0 spiro atoms. The summed E-state index contributed by atoms with van der Waals surface area (Å²) < 4.78 is 31.8. The second-order valence-electron chi connectivity index (χ2n) is 6.25. The summed E-state index contributed by atoms with van der Waals surface area (Å²) in [6.07, 6.45) is 12.2. The zero-order valence-electron chi connectivity index (χ0n) is 13.7. The molecule has 0 aromatic heterocycles. The van der Waals surface area contributed by atoms with E-state index in [-0.39, 0.29) is 0 Å². The van der Waals surface area contributed by atoms with Gasteiger partial charge in [0.2, 0.25) is 0 Å². The molecular formula is C16H34O3S. The van der Waals surface area contributed by atoms with Crippen LogP contribution in [0.2, 0.25) is 0 Å². The normalized spacial score (nSPS) is 15.2. The van der Waals surface area contributed by atoms with Gasteiger partial charge in [-0.1, -0.05) is 78.1 Å². The van der Waals surface area contributed by atoms with E-state index in [1.807, 2.05) is 0 Å². The van der Waals surface area contributed by atoms with E-state index in [1.165, 1.54) is 25.7 Å². The Kier molecular flexibility index (Phi) is 10.6. The summed E-state index contributed by atoms with van der Waals surface area (Å²) in [7, 11) is -3.95. The van der Waals surface area contributed by atoms with Crippen LogP contribution in [0, 0.1) is 0 Å². The van der Waals surface area contributed by atoms with E-state index in [1.54, 1.807) is 6.92 Å². The quantitative estimate of drug-likeness (QED) is 0.368. The molecule has 0 saturated heterocycles. The van der Waals surface area contributed by atoms with Crippen LogP contribution in [-0.4, -0.2) is 17.7 Å². The molecule has 4 heteroatoms. The molecule has 0 rings (SSSR count). The van der Waals surface area contributed by atoms with Crippen molar-refractivity contribution < 1.29 is 13.0 Å². The minimum absolute atomic E-state index is 0.584. The Morgan fingerprint density at radius 3 is 1.50 bits per heavy atom. The summed E-state index contributed by atoms with van der Waals surface area (Å²) >= 11 is 0. The van der Waals surface area contributed by atoms with Crippen LogP contribution in [0.5, 0.6) is 0 Å². The Morgan fingerprint density at radius 2 is 1.10 bits per heavy atom. The van der Waals surface area contributed by atoms with Crippen LogP contribution in [0.25, 0.3) is 0 Å². The summed E-state index contributed by atoms with van der Waals surface area (Å²) in [5, 5.41) is 0. The van der Waals surface area contributed by atoms with E-state index >= 15 is 0 Å². The molecule has 1 unspecified atom stereocenters. The molecule has 122 valence electrons. The fourth-order valence-electron chi connectivity index (χ4n) is 2.59. The Labute approximate surface area is 126 Å². The van der Waals surface area contributed by atoms with Crippen molar-refractivity contribution in [3.8, 4) is 0 Å². The Morgan fingerprint density at radius 1 is 0.750 bits per heavy atom. The van der Waals surface area contributed by atoms with Crippen LogP contribution in [0.4, 0.5) is 0 Å². The van der Waals surface area contributed by atoms with Gasteiger partial charge in [0.15, 0.2) is 0 Å². The highest BCUT2D eigenvalue weighted by Gasteiger charge is 2.36. The van der Waals surface area contributed by atoms with Crippen molar-refractivity contribution in [1.29, 1.82) is 0 Å². The molecule has 0 amide bonds. The molecule has 0 saturated carbocycles. The first-order valence-electron chi connectivity index (χ1n) is 8.34. The van der Waals surface area contributed by atoms with Crippen molar-refractivity contribution in [2.45, 2.75) is 103 Å². The van der Waals surface area contributed by atoms with Crippen LogP contribution >= 0.6 is 0 Å². The van der Waals surface area contributed by atoms with Gasteiger partial charge < -0.3 is 0 Å². The van der Waals surface area contributed by atoms with Crippen LogP contribution in [0.3, 0.4) is 0 Å². The fourth-order valence-corrected chi connectivity index (χ4v) is 3.39. The summed E-state index contributed by atoms with van der Waals surface area (Å²) in [6, 6.07) is 0. The van der Waals surface area contributed by atoms with Crippen molar-refractivity contribution >= 4 is 10.1 Å². The van der Waals surface area contributed by atoms with E-state index in [0.717, 1.165) is 38.5 Å². The highest BCUT2D eigenvalue weighted by molar-refractivity contribution is 7.87. The molecule has 0 bridgehead atoms. The Balaban J connectivity index is 4.14. The second-order valence-corrected chi connectivity index (χ2v) is 8.19. The zero-order valence-corrected chi connectivity index (χ0v) is 14.5. The highest BCUT2D eigenvalue weighted by atomic mass is 32.2. The first-order chi connectivity index (χ1) is 9.37. The minimum Gasteiger partial charge on any atom is -0.285 e. The molecule has 0 aliphatic rings. The van der Waals surface area contributed by atoms with E-state index in [9.17, 15) is 13.0 Å². The van der Waals surface area contributed by atoms with E-state index in [0.29, 0.717) is 12.8 Å². The van der Waals surface area contributed by atoms with Gasteiger partial charge in [0, 0.05) is 0 Å². The molecule has 3 nitrogen and oxygen atoms in total. The number of rotatable bonds is 13. The molecule has 0 aliphatic carbocycles. The van der Waals surface area contributed by atoms with Crippen LogP contribution in [0.15, 0.2) is 0 Å². The highest BCUT2D eigenvalue weighted by Crippen LogP contribution is 2.30. The minimum atomic E-state index is -3.95. The molecular weight excluding hydrogens is 272 g/mol. The summed E-state index contributed by atoms with van der Waals surface area (Å²) in [5.74, 6) is 0. The van der Waals surface area contributed by atoms with Crippen LogP contribution < -0.4 is 0 Å². The lowest BCUT2D eigenvalue weighted by Crippen LogP contribution is -2.35. The predicted molar refractivity (Wildman–Crippen MR) is 86.7 cm³/mol. The van der Waals surface area contributed by atoms with Gasteiger partial charge in [-0.3, -0.25) is 4.55 Å². The topological polar surface area (TPSA) is 54.4 Å². The summed E-state index contributed by atoms with van der Waals surface area (Å²) in [5.41, 5.74) is 0. The molecule has 1 N–H and O–H groups in total. The van der Waals surface area contributed by atoms with Gasteiger partial charge in [-0.05, 0) is 19.8 Å². The maximum Gasteiger partial charge on any atom is 0.270 e. The molecule has 1 atom stereocenters. The van der Waals surface area contributed by atoms with Gasteiger partial charge in [0.25, 0.3) is 10.1 Å². The monoisotopic (exact) mass is 306 g/mol. The van der Waals surface area contributed by atoms with Gasteiger partial charge in [0.1, 0.15) is 0 Å². The van der Waals surface area contributed by atoms with Crippen molar-refractivity contribution in [2.24, 2.45) is 0 Å². The second kappa shape index (κ2) is 10.6. The third-order valence-corrected chi connectivity index (χ3v) is 5.89. The predicted octanol–water partition coefficient (Wildman–Crippen LogP) is 5.35. The van der Waals surface area contributed by atoms with Gasteiger partial charge in [0.05, 0.1) is 4.75 Å². The van der Waals surface area contributed by atoms with Gasteiger partial charge in [-0.25, -0.2) is 0 Å². The van der Waals surface area contributed by atoms with Gasteiger partial charge in [-0.15, -0.1) is 0 Å². The smallest absolute Gasteiger partial charge is 0.270 e. The van der Waals surface area contributed by atoms with Crippen LogP contribution in [-0.2, 0) is 10.1 Å². The van der Waals surface area contributed by atoms with Gasteiger partial charge >= 0.3 is 0 Å². The lowest BCUT2D eigenvalue weighted by molar-refractivity contribution is 0.386. The lowest BCUT2D eigenvalue weighted by atomic mass is 9.95. The summed E-state index contributed by atoms with van der Waals surface area (Å²) in [6.45, 7) is 6.03. The molecule has 20 heavy (non-hydrogen) atoms. The van der Waals surface area contributed by atoms with Crippen molar-refractivity contribution in [2.75, 3.05) is 0 Å². The number of unbranched alkanes of at least 4 members (excludes halogenated alkanes) is 8. The first-order valence-corrected chi connectivity index (χ1v) is 9.78. The van der Waals surface area contributed by atoms with Crippen molar-refractivity contribution in [3.63, 3.8) is 0 Å². The van der Waals surface area contributed by atoms with Crippen molar-refractivity contribution in [3.05, 3.63) is 0 Å². The van der Waals surface area contributed by atoms with Crippen molar-refractivity contribution in [1.82, 2.24) is 0 Å². The number of hydrogen-bond donors (Lipinski definition) is 1. The molecule has 0 aromatic rings. The third kappa shape index (κ3) is 8.25. The maximum absolute atomic E-state index is 11.6. The van der Waals surface area contributed by atoms with E-state index < -0.39 is 14.9 Å². The van der Waals surface area contributed by atoms with Crippen LogP contribution in [0.1, 0.15) is 97.8 Å². The summed E-state index contributed by atoms with van der Waals surface area (Å²) in [4.78, 5) is 0. The average molecular weight is 307 g/mol. The molecule has 0 heterocycles.